The highest BCUT2D eigenvalue weighted by atomic mass is 79.9. The zero-order chi connectivity index (χ0) is 10.0. The van der Waals surface area contributed by atoms with Crippen LogP contribution >= 0.6 is 23.1 Å². The van der Waals surface area contributed by atoms with Crippen LogP contribution in [0.5, 0.6) is 0 Å². The molecular weight excluding hydrogens is 265 g/mol. The van der Waals surface area contributed by atoms with Gasteiger partial charge in [-0.05, 0) is 28.1 Å². The predicted molar refractivity (Wildman–Crippen MR) is 59.7 cm³/mol. The van der Waals surface area contributed by atoms with E-state index in [0.717, 1.165) is 9.91 Å². The molecule has 0 aliphatic carbocycles. The maximum absolute atomic E-state index is 12.4. The van der Waals surface area contributed by atoms with E-state index in [1.165, 1.54) is 0 Å². The lowest BCUT2D eigenvalue weighted by Gasteiger charge is -2.22. The average molecular weight is 276 g/mol. The monoisotopic (exact) mass is 275 g/mol. The Kier molecular flexibility index (Phi) is 3.05. The lowest BCUT2D eigenvalue weighted by Crippen LogP contribution is -2.23. The highest BCUT2D eigenvalue weighted by molar-refractivity contribution is 9.10. The molecule has 2 heterocycles. The van der Waals surface area contributed by atoms with Gasteiger partial charge in [0.1, 0.15) is 12.6 Å². The molecule has 0 spiro atoms. The number of rotatable bonds is 1. The molecule has 2 rings (SSSR count). The number of pyridine rings is 1. The summed E-state index contributed by atoms with van der Waals surface area (Å²) in [6, 6.07) is 3.73. The van der Waals surface area contributed by atoms with Crippen LogP contribution in [0.4, 0.5) is 0 Å². The van der Waals surface area contributed by atoms with Crippen LogP contribution < -0.4 is 5.44 Å². The Hall–Kier alpha value is -0.180. The summed E-state index contributed by atoms with van der Waals surface area (Å²) in [5.74, 6) is 0. The Morgan fingerprint density at radius 1 is 1.36 bits per heavy atom. The van der Waals surface area contributed by atoms with Crippen LogP contribution in [0.3, 0.4) is 0 Å². The third kappa shape index (κ3) is 2.08. The zero-order valence-corrected chi connectivity index (χ0v) is 10.1. The highest BCUT2D eigenvalue weighted by Gasteiger charge is 2.28. The second-order valence-electron chi connectivity index (χ2n) is 3.28. The van der Waals surface area contributed by atoms with E-state index in [2.05, 4.69) is 20.9 Å². The van der Waals surface area contributed by atoms with Gasteiger partial charge in [-0.15, -0.1) is 0 Å². The largest absolute Gasteiger partial charge is 0.380 e. The third-order valence-electron chi connectivity index (χ3n) is 2.32. The standard InChI is InChI=1S/C9H11BrNO2P/c10-8-1-2-9(11-7-8)14(12)5-3-13-4-6-14/h1-2,7H,3-6H2. The molecule has 0 unspecified atom stereocenters. The first kappa shape index (κ1) is 10.3. The fourth-order valence-corrected chi connectivity index (χ4v) is 3.85. The van der Waals surface area contributed by atoms with Gasteiger partial charge in [0.25, 0.3) is 0 Å². The van der Waals surface area contributed by atoms with Crippen molar-refractivity contribution in [3.8, 4) is 0 Å². The molecule has 0 atom stereocenters. The molecule has 0 radical (unpaired) electrons. The Morgan fingerprint density at radius 2 is 2.07 bits per heavy atom. The molecule has 1 aromatic heterocycles. The minimum atomic E-state index is -2.24. The third-order valence-corrected chi connectivity index (χ3v) is 5.70. The molecule has 1 aromatic rings. The first-order valence-corrected chi connectivity index (χ1v) is 7.36. The lowest BCUT2D eigenvalue weighted by atomic mass is 10.5. The molecule has 0 N–H and O–H groups in total. The zero-order valence-electron chi connectivity index (χ0n) is 7.65. The topological polar surface area (TPSA) is 39.2 Å². The van der Waals surface area contributed by atoms with Gasteiger partial charge in [0.05, 0.1) is 13.2 Å². The van der Waals surface area contributed by atoms with Gasteiger partial charge in [0.2, 0.25) is 0 Å². The summed E-state index contributed by atoms with van der Waals surface area (Å²) in [6.07, 6.45) is 2.95. The molecule has 1 aliphatic rings. The van der Waals surface area contributed by atoms with E-state index >= 15 is 0 Å². The van der Waals surface area contributed by atoms with E-state index < -0.39 is 7.14 Å². The van der Waals surface area contributed by atoms with E-state index in [0.29, 0.717) is 25.5 Å². The summed E-state index contributed by atoms with van der Waals surface area (Å²) < 4.78 is 18.5. The van der Waals surface area contributed by atoms with Gasteiger partial charge < -0.3 is 9.30 Å². The van der Waals surface area contributed by atoms with Crippen molar-refractivity contribution in [2.45, 2.75) is 0 Å². The predicted octanol–water partition coefficient (Wildman–Crippen LogP) is 1.86. The smallest absolute Gasteiger partial charge is 0.137 e. The van der Waals surface area contributed by atoms with Gasteiger partial charge in [0, 0.05) is 23.0 Å². The Bertz CT molecular complexity index is 356. The van der Waals surface area contributed by atoms with Crippen molar-refractivity contribution >= 4 is 28.5 Å². The van der Waals surface area contributed by atoms with Gasteiger partial charge in [0.15, 0.2) is 0 Å². The number of hydrogen-bond donors (Lipinski definition) is 0. The summed E-state index contributed by atoms with van der Waals surface area (Å²) in [6.45, 7) is 1.18. The summed E-state index contributed by atoms with van der Waals surface area (Å²) >= 11 is 3.31. The van der Waals surface area contributed by atoms with Crippen LogP contribution in [0.25, 0.3) is 0 Å². The summed E-state index contributed by atoms with van der Waals surface area (Å²) in [7, 11) is -2.24. The Balaban J connectivity index is 2.28. The normalized spacial score (nSPS) is 20.6. The van der Waals surface area contributed by atoms with Crippen LogP contribution in [0.15, 0.2) is 22.8 Å². The van der Waals surface area contributed by atoms with Crippen molar-refractivity contribution in [2.75, 3.05) is 25.5 Å². The summed E-state index contributed by atoms with van der Waals surface area (Å²) in [5, 5.41) is 0. The summed E-state index contributed by atoms with van der Waals surface area (Å²) in [5.41, 5.74) is 0.740. The van der Waals surface area contributed by atoms with Gasteiger partial charge in [-0.25, -0.2) is 0 Å². The number of nitrogens with zero attached hydrogens (tertiary/aromatic N) is 1. The molecule has 5 heteroatoms. The van der Waals surface area contributed by atoms with Crippen LogP contribution in [0.1, 0.15) is 0 Å². The Labute approximate surface area is 91.4 Å². The van der Waals surface area contributed by atoms with E-state index in [4.69, 9.17) is 4.74 Å². The molecule has 0 saturated carbocycles. The molecule has 1 fully saturated rings. The molecule has 1 saturated heterocycles. The fraction of sp³-hybridized carbons (Fsp3) is 0.444. The SMILES string of the molecule is O=P1(c2ccc(Br)cn2)CCOCC1. The molecule has 1 aliphatic heterocycles. The first-order valence-electron chi connectivity index (χ1n) is 4.49. The van der Waals surface area contributed by atoms with Crippen molar-refractivity contribution < 1.29 is 9.30 Å². The Morgan fingerprint density at radius 3 is 2.64 bits per heavy atom. The van der Waals surface area contributed by atoms with Crippen LogP contribution in [-0.4, -0.2) is 30.5 Å². The number of halogens is 1. The number of ether oxygens (including phenoxy) is 1. The number of aromatic nitrogens is 1. The van der Waals surface area contributed by atoms with E-state index in [1.807, 2.05) is 12.1 Å². The maximum Gasteiger partial charge on any atom is 0.137 e. The molecule has 76 valence electrons. The highest BCUT2D eigenvalue weighted by Crippen LogP contribution is 2.44. The molecule has 0 aromatic carbocycles. The first-order chi connectivity index (χ1) is 6.71. The molecule has 3 nitrogen and oxygen atoms in total. The average Bonchev–Trinajstić information content (AvgIpc) is 2.19. The van der Waals surface area contributed by atoms with Crippen molar-refractivity contribution in [3.63, 3.8) is 0 Å². The second-order valence-corrected chi connectivity index (χ2v) is 7.33. The molecular formula is C9H11BrNO2P. The van der Waals surface area contributed by atoms with Crippen molar-refractivity contribution in [1.82, 2.24) is 4.98 Å². The van der Waals surface area contributed by atoms with Gasteiger partial charge in [-0.1, -0.05) is 0 Å². The van der Waals surface area contributed by atoms with Crippen LogP contribution in [0, 0.1) is 0 Å². The van der Waals surface area contributed by atoms with E-state index in [-0.39, 0.29) is 0 Å². The van der Waals surface area contributed by atoms with Gasteiger partial charge >= 0.3 is 0 Å². The minimum Gasteiger partial charge on any atom is -0.380 e. The molecule has 0 bridgehead atoms. The van der Waals surface area contributed by atoms with Gasteiger partial charge in [-0.3, -0.25) is 4.98 Å². The van der Waals surface area contributed by atoms with Crippen LogP contribution in [-0.2, 0) is 9.30 Å². The number of hydrogen-bond acceptors (Lipinski definition) is 3. The van der Waals surface area contributed by atoms with Crippen molar-refractivity contribution in [2.24, 2.45) is 0 Å². The van der Waals surface area contributed by atoms with E-state index in [1.54, 1.807) is 6.20 Å². The quantitative estimate of drug-likeness (QED) is 0.735. The van der Waals surface area contributed by atoms with E-state index in [9.17, 15) is 4.57 Å². The molecule has 0 amide bonds. The second kappa shape index (κ2) is 4.13. The minimum absolute atomic E-state index is 0.592. The molecule has 14 heavy (non-hydrogen) atoms. The van der Waals surface area contributed by atoms with Crippen molar-refractivity contribution in [3.05, 3.63) is 22.8 Å². The maximum atomic E-state index is 12.4. The summed E-state index contributed by atoms with van der Waals surface area (Å²) in [4.78, 5) is 4.21. The van der Waals surface area contributed by atoms with Crippen molar-refractivity contribution in [1.29, 1.82) is 0 Å². The fourth-order valence-electron chi connectivity index (χ4n) is 1.48. The van der Waals surface area contributed by atoms with Crippen LogP contribution in [0.2, 0.25) is 0 Å². The lowest BCUT2D eigenvalue weighted by molar-refractivity contribution is 0.156. The van der Waals surface area contributed by atoms with Gasteiger partial charge in [-0.2, -0.15) is 0 Å².